The van der Waals surface area contributed by atoms with Gasteiger partial charge in [0.1, 0.15) is 5.75 Å². The van der Waals surface area contributed by atoms with Crippen molar-refractivity contribution in [1.82, 2.24) is 5.32 Å². The normalized spacial score (nSPS) is 25.5. The molecule has 1 aromatic carbocycles. The smallest absolute Gasteiger partial charge is 0.119 e. The number of benzene rings is 1. The predicted octanol–water partition coefficient (Wildman–Crippen LogP) is 2.70. The average Bonchev–Trinajstić information content (AvgIpc) is 3.08. The highest BCUT2D eigenvalue weighted by molar-refractivity contribution is 5.40. The molecule has 0 spiro atoms. The van der Waals surface area contributed by atoms with Crippen molar-refractivity contribution in [3.8, 4) is 5.75 Å². The topological polar surface area (TPSA) is 30.5 Å². The number of rotatable bonds is 5. The van der Waals surface area contributed by atoms with E-state index in [9.17, 15) is 0 Å². The molecule has 3 heteroatoms. The Hall–Kier alpha value is -1.06. The van der Waals surface area contributed by atoms with Crippen molar-refractivity contribution in [3.05, 3.63) is 29.3 Å². The third-order valence-electron chi connectivity index (χ3n) is 4.40. The highest BCUT2D eigenvalue weighted by Gasteiger charge is 2.23. The zero-order chi connectivity index (χ0) is 13.1. The Morgan fingerprint density at radius 1 is 1.37 bits per heavy atom. The summed E-state index contributed by atoms with van der Waals surface area (Å²) in [6.45, 7) is 3.00. The molecular formula is C16H23NO2. The molecule has 1 fully saturated rings. The van der Waals surface area contributed by atoms with Crippen LogP contribution in [0.1, 0.15) is 36.4 Å². The van der Waals surface area contributed by atoms with E-state index in [2.05, 4.69) is 23.5 Å². The van der Waals surface area contributed by atoms with E-state index in [1.165, 1.54) is 36.8 Å². The van der Waals surface area contributed by atoms with Gasteiger partial charge in [-0.05, 0) is 61.4 Å². The third kappa shape index (κ3) is 2.93. The van der Waals surface area contributed by atoms with Crippen molar-refractivity contribution < 1.29 is 9.47 Å². The fourth-order valence-corrected chi connectivity index (χ4v) is 3.19. The van der Waals surface area contributed by atoms with Crippen LogP contribution in [0.2, 0.25) is 0 Å². The van der Waals surface area contributed by atoms with Crippen LogP contribution < -0.4 is 10.1 Å². The van der Waals surface area contributed by atoms with Crippen molar-refractivity contribution in [3.63, 3.8) is 0 Å². The van der Waals surface area contributed by atoms with Crippen LogP contribution in [0.3, 0.4) is 0 Å². The van der Waals surface area contributed by atoms with E-state index in [1.807, 2.05) is 0 Å². The molecule has 2 aliphatic rings. The van der Waals surface area contributed by atoms with Gasteiger partial charge in [-0.15, -0.1) is 0 Å². The molecule has 0 aromatic heterocycles. The molecule has 2 unspecified atom stereocenters. The number of fused-ring (bicyclic) bond motifs is 1. The van der Waals surface area contributed by atoms with Gasteiger partial charge in [0.15, 0.2) is 0 Å². The molecule has 1 heterocycles. The standard InChI is InChI=1S/C16H23NO2/c1-18-14-4-2-13-3-5-16(15(13)10-14)17-8-6-12-7-9-19-11-12/h2,4,10,12,16-17H,3,5-9,11H2,1H3. The van der Waals surface area contributed by atoms with Gasteiger partial charge in [-0.3, -0.25) is 0 Å². The summed E-state index contributed by atoms with van der Waals surface area (Å²) in [4.78, 5) is 0. The molecule has 1 saturated heterocycles. The van der Waals surface area contributed by atoms with E-state index in [4.69, 9.17) is 9.47 Å². The number of aryl methyl sites for hydroxylation is 1. The molecule has 3 rings (SSSR count). The van der Waals surface area contributed by atoms with E-state index in [1.54, 1.807) is 7.11 Å². The van der Waals surface area contributed by atoms with Gasteiger partial charge in [0, 0.05) is 19.3 Å². The van der Waals surface area contributed by atoms with Gasteiger partial charge in [0.25, 0.3) is 0 Å². The third-order valence-corrected chi connectivity index (χ3v) is 4.40. The molecule has 0 radical (unpaired) electrons. The Balaban J connectivity index is 1.55. The van der Waals surface area contributed by atoms with Crippen molar-refractivity contribution >= 4 is 0 Å². The summed E-state index contributed by atoms with van der Waals surface area (Å²) in [6.07, 6.45) is 4.86. The quantitative estimate of drug-likeness (QED) is 0.884. The van der Waals surface area contributed by atoms with Gasteiger partial charge in [0.05, 0.1) is 7.11 Å². The van der Waals surface area contributed by atoms with Gasteiger partial charge in [-0.2, -0.15) is 0 Å². The fraction of sp³-hybridized carbons (Fsp3) is 0.625. The molecule has 1 aliphatic carbocycles. The van der Waals surface area contributed by atoms with E-state index < -0.39 is 0 Å². The lowest BCUT2D eigenvalue weighted by Crippen LogP contribution is -2.22. The predicted molar refractivity (Wildman–Crippen MR) is 75.6 cm³/mol. The van der Waals surface area contributed by atoms with Crippen LogP contribution in [0.5, 0.6) is 5.75 Å². The molecule has 0 bridgehead atoms. The molecule has 1 aromatic rings. The van der Waals surface area contributed by atoms with Gasteiger partial charge in [-0.1, -0.05) is 6.07 Å². The van der Waals surface area contributed by atoms with E-state index in [0.717, 1.165) is 31.4 Å². The summed E-state index contributed by atoms with van der Waals surface area (Å²) in [5.74, 6) is 1.73. The number of nitrogens with one attached hydrogen (secondary N) is 1. The Morgan fingerprint density at radius 2 is 2.32 bits per heavy atom. The lowest BCUT2D eigenvalue weighted by Gasteiger charge is -2.16. The summed E-state index contributed by atoms with van der Waals surface area (Å²) in [7, 11) is 1.74. The minimum Gasteiger partial charge on any atom is -0.497 e. The summed E-state index contributed by atoms with van der Waals surface area (Å²) < 4.78 is 10.8. The number of hydrogen-bond donors (Lipinski definition) is 1. The number of ether oxygens (including phenoxy) is 2. The first-order valence-corrected chi connectivity index (χ1v) is 7.35. The van der Waals surface area contributed by atoms with E-state index in [0.29, 0.717) is 6.04 Å². The summed E-state index contributed by atoms with van der Waals surface area (Å²) in [6, 6.07) is 6.98. The average molecular weight is 261 g/mol. The van der Waals surface area contributed by atoms with Crippen LogP contribution in [-0.4, -0.2) is 26.9 Å². The van der Waals surface area contributed by atoms with Gasteiger partial charge < -0.3 is 14.8 Å². The largest absolute Gasteiger partial charge is 0.497 e. The van der Waals surface area contributed by atoms with E-state index >= 15 is 0 Å². The number of methoxy groups -OCH3 is 1. The van der Waals surface area contributed by atoms with Crippen LogP contribution in [-0.2, 0) is 11.2 Å². The summed E-state index contributed by atoms with van der Waals surface area (Å²) >= 11 is 0. The summed E-state index contributed by atoms with van der Waals surface area (Å²) in [5.41, 5.74) is 2.91. The van der Waals surface area contributed by atoms with Crippen molar-refractivity contribution in [1.29, 1.82) is 0 Å². The molecule has 0 amide bonds. The molecule has 0 saturated carbocycles. The first kappa shape index (κ1) is 12.9. The first-order chi connectivity index (χ1) is 9.36. The second kappa shape index (κ2) is 5.93. The second-order valence-corrected chi connectivity index (χ2v) is 5.63. The Bertz CT molecular complexity index is 427. The fourth-order valence-electron chi connectivity index (χ4n) is 3.19. The monoisotopic (exact) mass is 261 g/mol. The lowest BCUT2D eigenvalue weighted by atomic mass is 10.0. The lowest BCUT2D eigenvalue weighted by molar-refractivity contribution is 0.184. The van der Waals surface area contributed by atoms with Crippen LogP contribution in [0.15, 0.2) is 18.2 Å². The molecular weight excluding hydrogens is 238 g/mol. The molecule has 19 heavy (non-hydrogen) atoms. The van der Waals surface area contributed by atoms with Crippen LogP contribution in [0.25, 0.3) is 0 Å². The van der Waals surface area contributed by atoms with Gasteiger partial charge in [0.2, 0.25) is 0 Å². The number of hydrogen-bond acceptors (Lipinski definition) is 3. The Kier molecular flexibility index (Phi) is 4.04. The molecule has 3 nitrogen and oxygen atoms in total. The zero-order valence-corrected chi connectivity index (χ0v) is 11.7. The van der Waals surface area contributed by atoms with Crippen molar-refractivity contribution in [2.24, 2.45) is 5.92 Å². The maximum atomic E-state index is 5.42. The van der Waals surface area contributed by atoms with Gasteiger partial charge >= 0.3 is 0 Å². The van der Waals surface area contributed by atoms with Crippen LogP contribution in [0.4, 0.5) is 0 Å². The van der Waals surface area contributed by atoms with Crippen LogP contribution >= 0.6 is 0 Å². The maximum Gasteiger partial charge on any atom is 0.119 e. The zero-order valence-electron chi connectivity index (χ0n) is 11.7. The maximum absolute atomic E-state index is 5.42. The summed E-state index contributed by atoms with van der Waals surface area (Å²) in [5, 5.41) is 3.70. The highest BCUT2D eigenvalue weighted by atomic mass is 16.5. The Morgan fingerprint density at radius 3 is 3.11 bits per heavy atom. The highest BCUT2D eigenvalue weighted by Crippen LogP contribution is 2.33. The SMILES string of the molecule is COc1ccc2c(c1)C(NCCC1CCOC1)CC2. The Labute approximate surface area is 115 Å². The minimum atomic E-state index is 0.507. The molecule has 1 N–H and O–H groups in total. The first-order valence-electron chi connectivity index (χ1n) is 7.35. The molecule has 104 valence electrons. The van der Waals surface area contributed by atoms with Crippen molar-refractivity contribution in [2.75, 3.05) is 26.9 Å². The van der Waals surface area contributed by atoms with E-state index in [-0.39, 0.29) is 0 Å². The van der Waals surface area contributed by atoms with Gasteiger partial charge in [-0.25, -0.2) is 0 Å². The minimum absolute atomic E-state index is 0.507. The second-order valence-electron chi connectivity index (χ2n) is 5.63. The molecule has 2 atom stereocenters. The molecule has 1 aliphatic heterocycles. The van der Waals surface area contributed by atoms with Crippen LogP contribution in [0, 0.1) is 5.92 Å². The van der Waals surface area contributed by atoms with Crippen molar-refractivity contribution in [2.45, 2.75) is 31.7 Å².